The molecule has 1 fully saturated rings. The number of Topliss-reactive ketones (excluding diaryl/α,β-unsaturated/α-hetero) is 1. The predicted molar refractivity (Wildman–Crippen MR) is 191 cm³/mol. The molecule has 0 saturated heterocycles. The van der Waals surface area contributed by atoms with Gasteiger partial charge in [0.1, 0.15) is 6.33 Å². The Morgan fingerprint density at radius 1 is 0.939 bits per heavy atom. The highest BCUT2D eigenvalue weighted by Gasteiger charge is 2.25. The number of fused-ring (bicyclic) bond motifs is 1. The summed E-state index contributed by atoms with van der Waals surface area (Å²) in [6, 6.07) is 21.4. The van der Waals surface area contributed by atoms with E-state index < -0.39 is 10.0 Å². The molecule has 0 aliphatic heterocycles. The van der Waals surface area contributed by atoms with Crippen LogP contribution in [0.1, 0.15) is 53.7 Å². The summed E-state index contributed by atoms with van der Waals surface area (Å²) in [5.41, 5.74) is 4.42. The van der Waals surface area contributed by atoms with Gasteiger partial charge in [0.25, 0.3) is 10.0 Å². The van der Waals surface area contributed by atoms with Crippen molar-refractivity contribution in [2.24, 2.45) is 11.8 Å². The largest absolute Gasteiger partial charge is 0.306 e. The van der Waals surface area contributed by atoms with Crippen LogP contribution in [0.4, 0.5) is 0 Å². The Hall–Kier alpha value is -4.80. The number of benzene rings is 2. The molecule has 49 heavy (non-hydrogen) atoms. The van der Waals surface area contributed by atoms with E-state index in [-0.39, 0.29) is 16.5 Å². The summed E-state index contributed by atoms with van der Waals surface area (Å²) in [7, 11) is 0.147. The summed E-state index contributed by atoms with van der Waals surface area (Å²) in [5.74, 6) is 0.932. The topological polar surface area (TPSA) is 115 Å². The van der Waals surface area contributed by atoms with Crippen molar-refractivity contribution in [3.8, 4) is 11.3 Å². The zero-order valence-corrected chi connectivity index (χ0v) is 28.7. The van der Waals surface area contributed by atoms with Gasteiger partial charge in [0.05, 0.1) is 10.6 Å². The van der Waals surface area contributed by atoms with E-state index in [0.29, 0.717) is 41.3 Å². The minimum atomic E-state index is -3.77. The second-order valence-corrected chi connectivity index (χ2v) is 15.0. The van der Waals surface area contributed by atoms with Crippen LogP contribution in [-0.4, -0.2) is 64.4 Å². The number of hydrogen-bond donors (Lipinski definition) is 0. The fourth-order valence-electron chi connectivity index (χ4n) is 6.62. The van der Waals surface area contributed by atoms with Gasteiger partial charge in [-0.15, -0.1) is 0 Å². The molecule has 0 bridgehead atoms. The molecule has 1 aliphatic carbocycles. The molecule has 0 N–H and O–H groups in total. The van der Waals surface area contributed by atoms with Crippen molar-refractivity contribution < 1.29 is 18.0 Å². The van der Waals surface area contributed by atoms with E-state index in [0.717, 1.165) is 61.2 Å². The second kappa shape index (κ2) is 15.2. The van der Waals surface area contributed by atoms with E-state index in [1.165, 1.54) is 10.2 Å². The van der Waals surface area contributed by atoms with E-state index in [2.05, 4.69) is 15.0 Å². The number of rotatable bonds is 13. The molecular weight excluding hydrogens is 635 g/mol. The molecule has 2 aromatic carbocycles. The number of pyridine rings is 1. The smallest absolute Gasteiger partial charge is 0.269 e. The number of aromatic nitrogens is 4. The van der Waals surface area contributed by atoms with Crippen molar-refractivity contribution in [2.45, 2.75) is 49.8 Å². The van der Waals surface area contributed by atoms with Crippen LogP contribution in [-0.2, 0) is 27.7 Å². The Kier molecular flexibility index (Phi) is 10.6. The van der Waals surface area contributed by atoms with Crippen LogP contribution in [0.5, 0.6) is 0 Å². The van der Waals surface area contributed by atoms with Crippen LogP contribution in [0.2, 0.25) is 0 Å². The monoisotopic (exact) mass is 675 g/mol. The molecule has 3 heterocycles. The Bertz CT molecular complexity index is 2070. The number of carbonyl (C=O) groups excluding carboxylic acids is 2. The molecule has 10 heteroatoms. The van der Waals surface area contributed by atoms with Crippen molar-refractivity contribution >= 4 is 32.6 Å². The van der Waals surface area contributed by atoms with Crippen LogP contribution in [0.25, 0.3) is 22.3 Å². The molecule has 2 unspecified atom stereocenters. The maximum absolute atomic E-state index is 13.2. The zero-order chi connectivity index (χ0) is 34.4. The Balaban J connectivity index is 1.06. The summed E-state index contributed by atoms with van der Waals surface area (Å²) in [6.45, 7) is 0.721. The first-order chi connectivity index (χ1) is 23.7. The highest BCUT2D eigenvalue weighted by molar-refractivity contribution is 7.90. The third-order valence-corrected chi connectivity index (χ3v) is 10.8. The van der Waals surface area contributed by atoms with Gasteiger partial charge in [0.15, 0.2) is 17.2 Å². The number of carbonyl (C=O) groups is 2. The third kappa shape index (κ3) is 8.44. The van der Waals surface area contributed by atoms with E-state index >= 15 is 0 Å². The molecule has 5 aromatic rings. The van der Waals surface area contributed by atoms with Gasteiger partial charge in [-0.3, -0.25) is 9.59 Å². The van der Waals surface area contributed by atoms with Gasteiger partial charge in [-0.2, -0.15) is 0 Å². The van der Waals surface area contributed by atoms with Crippen molar-refractivity contribution in [3.63, 3.8) is 0 Å². The lowest BCUT2D eigenvalue weighted by Crippen LogP contribution is -2.20. The van der Waals surface area contributed by atoms with Crippen LogP contribution in [0.15, 0.2) is 109 Å². The molecule has 3 aromatic heterocycles. The Morgan fingerprint density at radius 2 is 1.71 bits per heavy atom. The number of ketones is 2. The summed E-state index contributed by atoms with van der Waals surface area (Å²) >= 11 is 0. The van der Waals surface area contributed by atoms with Crippen molar-refractivity contribution in [3.05, 3.63) is 120 Å². The molecule has 0 radical (unpaired) electrons. The fourth-order valence-corrected chi connectivity index (χ4v) is 7.95. The molecule has 6 rings (SSSR count). The Morgan fingerprint density at radius 3 is 2.49 bits per heavy atom. The first kappa shape index (κ1) is 34.1. The SMILES string of the molecule is CN(C)C/C=C/C(=O)Cc1ccc(C(=O)CC2CCCC(Cc3cc(-c4cnc5c(ccn5S(=O)(=O)c5ccccc5)c4)ncn3)C2)cc1. The van der Waals surface area contributed by atoms with Gasteiger partial charge >= 0.3 is 0 Å². The lowest BCUT2D eigenvalue weighted by molar-refractivity contribution is -0.114. The van der Waals surface area contributed by atoms with E-state index in [4.69, 9.17) is 0 Å². The lowest BCUT2D eigenvalue weighted by atomic mass is 9.77. The van der Waals surface area contributed by atoms with Crippen LogP contribution < -0.4 is 0 Å². The summed E-state index contributed by atoms with van der Waals surface area (Å²) in [6.07, 6.45) is 14.1. The van der Waals surface area contributed by atoms with E-state index in [1.807, 2.05) is 61.5 Å². The molecule has 0 spiro atoms. The van der Waals surface area contributed by atoms with Crippen LogP contribution in [0.3, 0.4) is 0 Å². The normalized spacial score (nSPS) is 16.8. The van der Waals surface area contributed by atoms with Gasteiger partial charge in [0.2, 0.25) is 0 Å². The zero-order valence-electron chi connectivity index (χ0n) is 27.9. The second-order valence-electron chi connectivity index (χ2n) is 13.2. The highest BCUT2D eigenvalue weighted by Crippen LogP contribution is 2.34. The minimum Gasteiger partial charge on any atom is -0.306 e. The summed E-state index contributed by atoms with van der Waals surface area (Å²) in [5, 5.41) is 0.702. The number of nitrogens with zero attached hydrogens (tertiary/aromatic N) is 5. The molecule has 1 aliphatic rings. The highest BCUT2D eigenvalue weighted by atomic mass is 32.2. The summed E-state index contributed by atoms with van der Waals surface area (Å²) < 4.78 is 27.6. The standard InChI is InChI=1S/C39H41N5O4S/c1-43(2)18-7-10-35(45)22-28-13-15-31(16-14-28)38(46)23-30-9-6-8-29(20-30)21-34-25-37(42-27-41-34)33-24-32-17-19-44(39(32)40-26-33)49(47,48)36-11-4-3-5-12-36/h3-5,7,10-17,19,24-27,29-30H,6,8-9,18,20-23H2,1-2H3/b10-7+. The first-order valence-corrected chi connectivity index (χ1v) is 18.1. The molecule has 0 amide bonds. The number of hydrogen-bond acceptors (Lipinski definition) is 8. The quantitative estimate of drug-likeness (QED) is 0.102. The molecular formula is C39H41N5O4S. The third-order valence-electron chi connectivity index (χ3n) is 9.10. The maximum atomic E-state index is 13.2. The van der Waals surface area contributed by atoms with Gasteiger partial charge in [0, 0.05) is 54.0 Å². The van der Waals surface area contributed by atoms with Crippen molar-refractivity contribution in [1.82, 2.24) is 23.8 Å². The maximum Gasteiger partial charge on any atom is 0.269 e. The van der Waals surface area contributed by atoms with E-state index in [1.54, 1.807) is 55.0 Å². The first-order valence-electron chi connectivity index (χ1n) is 16.7. The van der Waals surface area contributed by atoms with Gasteiger partial charge in [-0.05, 0) is 87.2 Å². The predicted octanol–water partition coefficient (Wildman–Crippen LogP) is 6.58. The lowest BCUT2D eigenvalue weighted by Gasteiger charge is -2.28. The van der Waals surface area contributed by atoms with Gasteiger partial charge < -0.3 is 4.90 Å². The average Bonchev–Trinajstić information content (AvgIpc) is 3.54. The van der Waals surface area contributed by atoms with Crippen LogP contribution >= 0.6 is 0 Å². The van der Waals surface area contributed by atoms with E-state index in [9.17, 15) is 18.0 Å². The van der Waals surface area contributed by atoms with Gasteiger partial charge in [-0.1, -0.05) is 61.4 Å². The minimum absolute atomic E-state index is 0.0505. The molecule has 252 valence electrons. The molecule has 1 saturated carbocycles. The molecule has 2 atom stereocenters. The van der Waals surface area contributed by atoms with Crippen molar-refractivity contribution in [1.29, 1.82) is 0 Å². The number of allylic oxidation sites excluding steroid dienone is 1. The van der Waals surface area contributed by atoms with Crippen LogP contribution in [0, 0.1) is 11.8 Å². The molecule has 9 nitrogen and oxygen atoms in total. The van der Waals surface area contributed by atoms with Gasteiger partial charge in [-0.25, -0.2) is 27.3 Å². The average molecular weight is 676 g/mol. The number of likely N-dealkylation sites (N-methyl/N-ethyl adjacent to an activating group) is 1. The van der Waals surface area contributed by atoms with Crippen molar-refractivity contribution in [2.75, 3.05) is 20.6 Å². The Labute approximate surface area is 287 Å². The summed E-state index contributed by atoms with van der Waals surface area (Å²) in [4.78, 5) is 41.2. The fraction of sp³-hybridized carbons (Fsp3) is 0.308.